The van der Waals surface area contributed by atoms with Crippen LogP contribution in [0.25, 0.3) is 16.9 Å². The maximum absolute atomic E-state index is 13.5. The molecule has 0 fully saturated rings. The Morgan fingerprint density at radius 1 is 1.11 bits per heavy atom. The molecule has 1 N–H and O–H groups in total. The zero-order valence-corrected chi connectivity index (χ0v) is 26.5. The van der Waals surface area contributed by atoms with Crippen molar-refractivity contribution in [3.8, 4) is 16.9 Å². The number of hydrazine groups is 1. The molecule has 18 heteroatoms. The predicted molar refractivity (Wildman–Crippen MR) is 155 cm³/mol. The number of carbonyl (C=O) groups is 2. The van der Waals surface area contributed by atoms with Gasteiger partial charge < -0.3 is 14.7 Å². The van der Waals surface area contributed by atoms with Crippen LogP contribution in [0.15, 0.2) is 64.8 Å². The van der Waals surface area contributed by atoms with Crippen molar-refractivity contribution in [3.05, 3.63) is 71.1 Å². The zero-order chi connectivity index (χ0) is 34.4. The lowest BCUT2D eigenvalue weighted by Crippen LogP contribution is -2.51. The summed E-state index contributed by atoms with van der Waals surface area (Å²) in [7, 11) is -4.49. The summed E-state index contributed by atoms with van der Waals surface area (Å²) >= 11 is 0. The van der Waals surface area contributed by atoms with Crippen molar-refractivity contribution < 1.29 is 50.5 Å². The molecule has 1 aromatic heterocycles. The molecule has 0 bridgehead atoms. The van der Waals surface area contributed by atoms with Gasteiger partial charge in [0.15, 0.2) is 12.2 Å². The van der Waals surface area contributed by atoms with E-state index in [9.17, 15) is 36.4 Å². The van der Waals surface area contributed by atoms with E-state index in [2.05, 4.69) is 15.1 Å². The third kappa shape index (κ3) is 9.32. The number of hydrogen-bond donors (Lipinski definition) is 1. The lowest BCUT2D eigenvalue weighted by Gasteiger charge is -2.29. The molecule has 1 amide bonds. The van der Waals surface area contributed by atoms with E-state index < -0.39 is 52.3 Å². The van der Waals surface area contributed by atoms with Gasteiger partial charge >= 0.3 is 12.3 Å². The number of nitrogens with one attached hydrogen (secondary N) is 1. The SMILES string of the molecule is CCOC(=O)OC(C)ON=[N+]([O-])N(CC(=O)NS(=O)(=O)c1ccc(-n2nc(C(F)(F)F)cc2-c2ccc(C)cc2)cc1)C(C)(C)C. The Labute approximate surface area is 262 Å². The quantitative estimate of drug-likeness (QED) is 0.0953. The monoisotopic (exact) mass is 670 g/mol. The van der Waals surface area contributed by atoms with Gasteiger partial charge in [-0.3, -0.25) is 9.63 Å². The number of halogens is 3. The van der Waals surface area contributed by atoms with Gasteiger partial charge in [-0.25, -0.2) is 22.6 Å². The van der Waals surface area contributed by atoms with Gasteiger partial charge in [0.1, 0.15) is 0 Å². The molecule has 0 aliphatic heterocycles. The third-order valence-corrected chi connectivity index (χ3v) is 7.44. The van der Waals surface area contributed by atoms with Gasteiger partial charge in [0.2, 0.25) is 5.28 Å². The molecule has 46 heavy (non-hydrogen) atoms. The van der Waals surface area contributed by atoms with E-state index in [1.165, 1.54) is 39.8 Å². The molecule has 1 atom stereocenters. The summed E-state index contributed by atoms with van der Waals surface area (Å²) in [6.45, 7) is 8.50. The van der Waals surface area contributed by atoms with Gasteiger partial charge in [-0.15, -0.1) is 5.01 Å². The molecule has 0 saturated heterocycles. The average Bonchev–Trinajstić information content (AvgIpc) is 3.41. The van der Waals surface area contributed by atoms with Crippen molar-refractivity contribution in [2.24, 2.45) is 5.28 Å². The average molecular weight is 671 g/mol. The molecular weight excluding hydrogens is 637 g/mol. The number of rotatable bonds is 11. The molecule has 1 unspecified atom stereocenters. The summed E-state index contributed by atoms with van der Waals surface area (Å²) in [5, 5.41) is 20.4. The summed E-state index contributed by atoms with van der Waals surface area (Å²) in [5.74, 6) is -1.12. The van der Waals surface area contributed by atoms with E-state index in [0.29, 0.717) is 5.56 Å². The maximum atomic E-state index is 13.5. The van der Waals surface area contributed by atoms with E-state index in [1.54, 1.807) is 31.2 Å². The lowest BCUT2D eigenvalue weighted by atomic mass is 10.1. The number of aromatic nitrogens is 2. The second-order valence-electron chi connectivity index (χ2n) is 10.7. The fraction of sp³-hybridized carbons (Fsp3) is 0.393. The number of carbonyl (C=O) groups excluding carboxylic acids is 2. The van der Waals surface area contributed by atoms with Crippen LogP contribution in [-0.2, 0) is 35.3 Å². The molecule has 1 heterocycles. The van der Waals surface area contributed by atoms with E-state index in [0.717, 1.165) is 33.5 Å². The van der Waals surface area contributed by atoms with Crippen molar-refractivity contribution in [2.45, 2.75) is 64.4 Å². The van der Waals surface area contributed by atoms with Crippen molar-refractivity contribution in [1.82, 2.24) is 19.5 Å². The number of hydrogen-bond acceptors (Lipinski definition) is 10. The minimum Gasteiger partial charge on any atom is -0.569 e. The molecule has 2 aromatic carbocycles. The van der Waals surface area contributed by atoms with Gasteiger partial charge in [0, 0.05) is 12.5 Å². The van der Waals surface area contributed by atoms with Crippen LogP contribution in [0.2, 0.25) is 0 Å². The first kappa shape index (κ1) is 35.6. The van der Waals surface area contributed by atoms with Crippen LogP contribution < -0.4 is 4.72 Å². The largest absolute Gasteiger partial charge is 0.569 e. The Kier molecular flexibility index (Phi) is 10.9. The van der Waals surface area contributed by atoms with Crippen LogP contribution >= 0.6 is 0 Å². The molecule has 0 spiro atoms. The van der Waals surface area contributed by atoms with E-state index in [-0.39, 0.29) is 27.9 Å². The summed E-state index contributed by atoms with van der Waals surface area (Å²) in [6.07, 6.45) is -7.12. The fourth-order valence-electron chi connectivity index (χ4n) is 3.80. The number of amides is 1. The summed E-state index contributed by atoms with van der Waals surface area (Å²) < 4.78 is 78.8. The minimum atomic E-state index is -4.73. The molecule has 0 saturated carbocycles. The number of nitrogens with zero attached hydrogens (tertiary/aromatic N) is 5. The Morgan fingerprint density at radius 3 is 2.26 bits per heavy atom. The van der Waals surface area contributed by atoms with E-state index in [1.807, 2.05) is 11.6 Å². The smallest absolute Gasteiger partial charge is 0.511 e. The molecule has 250 valence electrons. The molecule has 0 aliphatic carbocycles. The van der Waals surface area contributed by atoms with Crippen LogP contribution in [0.5, 0.6) is 0 Å². The highest BCUT2D eigenvalue weighted by molar-refractivity contribution is 7.90. The second kappa shape index (κ2) is 14.1. The summed E-state index contributed by atoms with van der Waals surface area (Å²) in [4.78, 5) is 28.5. The Hall–Kier alpha value is -4.87. The second-order valence-corrected chi connectivity index (χ2v) is 12.4. The maximum Gasteiger partial charge on any atom is 0.511 e. The van der Waals surface area contributed by atoms with Crippen molar-refractivity contribution >= 4 is 22.1 Å². The molecule has 3 aromatic rings. The Bertz CT molecular complexity index is 1670. The molecule has 3 rings (SSSR count). The normalized spacial score (nSPS) is 13.1. The lowest BCUT2D eigenvalue weighted by molar-refractivity contribution is -0.724. The molecule has 0 aliphatic rings. The minimum absolute atomic E-state index is 0.0401. The molecule has 14 nitrogen and oxygen atoms in total. The van der Waals surface area contributed by atoms with Gasteiger partial charge in [-0.2, -0.15) is 18.3 Å². The highest BCUT2D eigenvalue weighted by Gasteiger charge is 2.36. The van der Waals surface area contributed by atoms with Gasteiger partial charge in [0.05, 0.1) is 33.4 Å². The first-order valence-corrected chi connectivity index (χ1v) is 15.2. The van der Waals surface area contributed by atoms with Crippen molar-refractivity contribution in [3.63, 3.8) is 0 Å². The standard InChI is InChI=1S/C28H33F3N6O8S/c1-7-43-26(39)44-19(3)45-34-37(40)35(27(4,5)6)17-25(38)33-46(41,42)22-14-12-21(13-15-22)36-23(16-24(32-36)28(29,30)31)20-10-8-18(2)9-11-20/h8-16,19H,7,17H2,1-6H3,(H,33,38). The number of aryl methyl sites for hydroxylation is 1. The highest BCUT2D eigenvalue weighted by atomic mass is 32.2. The Morgan fingerprint density at radius 2 is 1.72 bits per heavy atom. The van der Waals surface area contributed by atoms with Crippen LogP contribution in [0.1, 0.15) is 45.9 Å². The van der Waals surface area contributed by atoms with Crippen molar-refractivity contribution in [2.75, 3.05) is 13.2 Å². The summed E-state index contributed by atoms with van der Waals surface area (Å²) in [6, 6.07) is 12.3. The topological polar surface area (TPSA) is 167 Å². The van der Waals surface area contributed by atoms with Crippen LogP contribution in [0.3, 0.4) is 0 Å². The van der Waals surface area contributed by atoms with Gasteiger partial charge in [-0.05, 0) is 65.0 Å². The first-order valence-electron chi connectivity index (χ1n) is 13.7. The van der Waals surface area contributed by atoms with Crippen LogP contribution in [-0.4, -0.2) is 65.2 Å². The first-order chi connectivity index (χ1) is 21.3. The van der Waals surface area contributed by atoms with Gasteiger partial charge in [-0.1, -0.05) is 29.8 Å². The van der Waals surface area contributed by atoms with E-state index >= 15 is 0 Å². The fourth-order valence-corrected chi connectivity index (χ4v) is 4.78. The summed E-state index contributed by atoms with van der Waals surface area (Å²) in [5.41, 5.74) is -0.616. The third-order valence-electron chi connectivity index (χ3n) is 6.05. The molecular formula is C28H33F3N6O8S. The number of benzene rings is 2. The highest BCUT2D eigenvalue weighted by Crippen LogP contribution is 2.33. The number of ether oxygens (including phenoxy) is 2. The Balaban J connectivity index is 1.79. The number of alkyl halides is 3. The predicted octanol–water partition coefficient (Wildman–Crippen LogP) is 5.10. The van der Waals surface area contributed by atoms with E-state index in [4.69, 9.17) is 9.57 Å². The van der Waals surface area contributed by atoms with Crippen LogP contribution in [0, 0.1) is 12.1 Å². The number of sulfonamides is 1. The van der Waals surface area contributed by atoms with Gasteiger partial charge in [0.25, 0.3) is 22.2 Å². The molecule has 0 radical (unpaired) electrons. The zero-order valence-electron chi connectivity index (χ0n) is 25.7. The van der Waals surface area contributed by atoms with Crippen LogP contribution in [0.4, 0.5) is 18.0 Å². The van der Waals surface area contributed by atoms with Crippen molar-refractivity contribution in [1.29, 1.82) is 0 Å².